The Balaban J connectivity index is 2.05. The van der Waals surface area contributed by atoms with Crippen molar-refractivity contribution in [3.63, 3.8) is 0 Å². The minimum absolute atomic E-state index is 0.198. The lowest BCUT2D eigenvalue weighted by atomic mass is 10.0. The van der Waals surface area contributed by atoms with Gasteiger partial charge in [0.1, 0.15) is 5.57 Å². The van der Waals surface area contributed by atoms with Crippen LogP contribution in [0.15, 0.2) is 35.9 Å². The van der Waals surface area contributed by atoms with E-state index in [1.54, 1.807) is 24.3 Å². The summed E-state index contributed by atoms with van der Waals surface area (Å²) in [6, 6.07) is 7.69. The van der Waals surface area contributed by atoms with Gasteiger partial charge in [0.2, 0.25) is 0 Å². The van der Waals surface area contributed by atoms with E-state index in [1.165, 1.54) is 13.2 Å². The second-order valence-electron chi connectivity index (χ2n) is 6.77. The van der Waals surface area contributed by atoms with Crippen molar-refractivity contribution >= 4 is 41.2 Å². The number of ether oxygens (including phenoxy) is 2. The number of aryl methyl sites for hydroxylation is 2. The van der Waals surface area contributed by atoms with Crippen LogP contribution in [-0.2, 0) is 9.59 Å². The number of carbonyl (C=O) groups is 3. The monoisotopic (exact) mass is 428 g/mol. The lowest BCUT2D eigenvalue weighted by Gasteiger charge is -2.27. The summed E-state index contributed by atoms with van der Waals surface area (Å²) in [5.41, 5.74) is 2.41. The molecule has 1 heterocycles. The first-order chi connectivity index (χ1) is 14.2. The Labute approximate surface area is 179 Å². The van der Waals surface area contributed by atoms with Crippen LogP contribution in [0.3, 0.4) is 0 Å². The number of amides is 4. The number of nitrogens with zero attached hydrogens (tertiary/aromatic N) is 1. The fourth-order valence-electron chi connectivity index (χ4n) is 3.25. The molecule has 0 unspecified atom stereocenters. The predicted molar refractivity (Wildman–Crippen MR) is 114 cm³/mol. The van der Waals surface area contributed by atoms with Crippen molar-refractivity contribution < 1.29 is 23.9 Å². The lowest BCUT2D eigenvalue weighted by molar-refractivity contribution is -0.122. The van der Waals surface area contributed by atoms with Gasteiger partial charge in [-0.05, 0) is 67.8 Å². The average Bonchev–Trinajstić information content (AvgIpc) is 2.66. The number of nitrogens with one attached hydrogen (secondary N) is 1. The van der Waals surface area contributed by atoms with E-state index in [1.807, 2.05) is 26.8 Å². The van der Waals surface area contributed by atoms with Gasteiger partial charge in [-0.1, -0.05) is 17.7 Å². The molecule has 4 amide bonds. The topological polar surface area (TPSA) is 84.9 Å². The number of halogens is 1. The van der Waals surface area contributed by atoms with E-state index in [-0.39, 0.29) is 10.6 Å². The molecule has 1 fully saturated rings. The van der Waals surface area contributed by atoms with Crippen LogP contribution in [-0.4, -0.2) is 31.6 Å². The molecule has 0 saturated carbocycles. The number of urea groups is 1. The van der Waals surface area contributed by atoms with Crippen LogP contribution in [0.1, 0.15) is 23.6 Å². The Morgan fingerprint density at radius 2 is 1.73 bits per heavy atom. The number of imide groups is 2. The molecule has 2 aromatic rings. The van der Waals surface area contributed by atoms with Gasteiger partial charge < -0.3 is 9.47 Å². The minimum Gasteiger partial charge on any atom is -0.493 e. The largest absolute Gasteiger partial charge is 0.493 e. The molecule has 1 aliphatic rings. The fraction of sp³-hybridized carbons (Fsp3) is 0.227. The second-order valence-corrected chi connectivity index (χ2v) is 7.18. The molecule has 0 atom stereocenters. The molecular weight excluding hydrogens is 408 g/mol. The smallest absolute Gasteiger partial charge is 0.335 e. The van der Waals surface area contributed by atoms with Gasteiger partial charge in [0.15, 0.2) is 11.5 Å². The fourth-order valence-corrected chi connectivity index (χ4v) is 3.52. The summed E-state index contributed by atoms with van der Waals surface area (Å²) in [6.07, 6.45) is 1.36. The van der Waals surface area contributed by atoms with Crippen molar-refractivity contribution in [3.05, 3.63) is 57.6 Å². The third-order valence-corrected chi connectivity index (χ3v) is 4.70. The van der Waals surface area contributed by atoms with E-state index < -0.39 is 17.8 Å². The minimum atomic E-state index is -0.797. The number of hydrogen-bond donors (Lipinski definition) is 1. The molecule has 1 aliphatic heterocycles. The highest BCUT2D eigenvalue weighted by molar-refractivity contribution is 6.39. The first-order valence-electron chi connectivity index (χ1n) is 9.25. The first kappa shape index (κ1) is 21.4. The Morgan fingerprint density at radius 1 is 1.07 bits per heavy atom. The van der Waals surface area contributed by atoms with Gasteiger partial charge in [-0.2, -0.15) is 0 Å². The molecule has 0 aromatic heterocycles. The maximum absolute atomic E-state index is 13.1. The van der Waals surface area contributed by atoms with Gasteiger partial charge in [-0.15, -0.1) is 0 Å². The van der Waals surface area contributed by atoms with Crippen molar-refractivity contribution in [1.82, 2.24) is 5.32 Å². The van der Waals surface area contributed by atoms with Crippen molar-refractivity contribution in [3.8, 4) is 11.5 Å². The molecule has 30 heavy (non-hydrogen) atoms. The van der Waals surface area contributed by atoms with Gasteiger partial charge in [0.25, 0.3) is 11.8 Å². The van der Waals surface area contributed by atoms with E-state index in [0.29, 0.717) is 29.4 Å². The van der Waals surface area contributed by atoms with E-state index in [4.69, 9.17) is 21.1 Å². The summed E-state index contributed by atoms with van der Waals surface area (Å²) in [4.78, 5) is 38.8. The Morgan fingerprint density at radius 3 is 2.33 bits per heavy atom. The average molecular weight is 429 g/mol. The maximum atomic E-state index is 13.1. The van der Waals surface area contributed by atoms with Crippen LogP contribution < -0.4 is 19.7 Å². The van der Waals surface area contributed by atoms with E-state index in [2.05, 4.69) is 5.32 Å². The van der Waals surface area contributed by atoms with E-state index in [0.717, 1.165) is 16.0 Å². The highest BCUT2D eigenvalue weighted by atomic mass is 35.5. The van der Waals surface area contributed by atoms with Gasteiger partial charge in [0.05, 0.1) is 24.4 Å². The summed E-state index contributed by atoms with van der Waals surface area (Å²) >= 11 is 6.28. The standard InChI is InChI=1S/C22H21ClN2O5/c1-5-30-19-17(23)10-14(11-18(19)29-4)9-16-20(26)24-22(28)25(21(16)27)15-7-12(2)6-13(3)8-15/h6-11H,5H2,1-4H3,(H,24,26,28)/b16-9+. The first-order valence-corrected chi connectivity index (χ1v) is 9.63. The SMILES string of the molecule is CCOc1c(Cl)cc(/C=C2\C(=O)NC(=O)N(c3cc(C)cc(C)c3)C2=O)cc1OC. The van der Waals surface area contributed by atoms with E-state index in [9.17, 15) is 14.4 Å². The molecule has 1 N–H and O–H groups in total. The number of carbonyl (C=O) groups excluding carboxylic acids is 3. The summed E-state index contributed by atoms with van der Waals surface area (Å²) in [5, 5.41) is 2.48. The molecule has 7 nitrogen and oxygen atoms in total. The molecule has 0 spiro atoms. The molecular formula is C22H21ClN2O5. The third kappa shape index (κ3) is 4.16. The zero-order chi connectivity index (χ0) is 22.0. The zero-order valence-corrected chi connectivity index (χ0v) is 17.8. The molecule has 2 aromatic carbocycles. The quantitative estimate of drug-likeness (QED) is 0.574. The number of rotatable bonds is 5. The van der Waals surface area contributed by atoms with Crippen LogP contribution in [0.4, 0.5) is 10.5 Å². The molecule has 0 bridgehead atoms. The van der Waals surface area contributed by atoms with Crippen molar-refractivity contribution in [2.24, 2.45) is 0 Å². The lowest BCUT2D eigenvalue weighted by Crippen LogP contribution is -2.54. The molecule has 8 heteroatoms. The Kier molecular flexibility index (Phi) is 6.12. The number of methoxy groups -OCH3 is 1. The van der Waals surface area contributed by atoms with Crippen LogP contribution >= 0.6 is 11.6 Å². The third-order valence-electron chi connectivity index (χ3n) is 4.42. The highest BCUT2D eigenvalue weighted by Crippen LogP contribution is 2.37. The second kappa shape index (κ2) is 8.59. The highest BCUT2D eigenvalue weighted by Gasteiger charge is 2.37. The predicted octanol–water partition coefficient (Wildman–Crippen LogP) is 4.03. The number of benzene rings is 2. The van der Waals surface area contributed by atoms with Crippen LogP contribution in [0.2, 0.25) is 5.02 Å². The van der Waals surface area contributed by atoms with Gasteiger partial charge in [-0.3, -0.25) is 14.9 Å². The zero-order valence-electron chi connectivity index (χ0n) is 17.0. The normalized spacial score (nSPS) is 15.4. The maximum Gasteiger partial charge on any atom is 0.335 e. The molecule has 1 saturated heterocycles. The van der Waals surface area contributed by atoms with Crippen LogP contribution in [0.5, 0.6) is 11.5 Å². The Hall–Kier alpha value is -3.32. The van der Waals surface area contributed by atoms with Crippen molar-refractivity contribution in [2.45, 2.75) is 20.8 Å². The molecule has 3 rings (SSSR count). The number of barbiturate groups is 1. The number of hydrogen-bond acceptors (Lipinski definition) is 5. The molecule has 0 radical (unpaired) electrons. The molecule has 0 aliphatic carbocycles. The van der Waals surface area contributed by atoms with Gasteiger partial charge in [-0.25, -0.2) is 9.69 Å². The Bertz CT molecular complexity index is 1060. The summed E-state index contributed by atoms with van der Waals surface area (Å²) in [5.74, 6) is -0.773. The van der Waals surface area contributed by atoms with Gasteiger partial charge in [0, 0.05) is 0 Å². The van der Waals surface area contributed by atoms with Crippen molar-refractivity contribution in [1.29, 1.82) is 0 Å². The van der Waals surface area contributed by atoms with Crippen LogP contribution in [0, 0.1) is 13.8 Å². The molecule has 156 valence electrons. The van der Waals surface area contributed by atoms with Crippen LogP contribution in [0.25, 0.3) is 6.08 Å². The van der Waals surface area contributed by atoms with Crippen molar-refractivity contribution in [2.75, 3.05) is 18.6 Å². The van der Waals surface area contributed by atoms with Gasteiger partial charge >= 0.3 is 6.03 Å². The summed E-state index contributed by atoms with van der Waals surface area (Å²) < 4.78 is 10.8. The summed E-state index contributed by atoms with van der Waals surface area (Å²) in [6.45, 7) is 5.93. The number of anilines is 1. The summed E-state index contributed by atoms with van der Waals surface area (Å²) in [7, 11) is 1.46. The van der Waals surface area contributed by atoms with E-state index >= 15 is 0 Å².